The van der Waals surface area contributed by atoms with E-state index in [1.807, 2.05) is 26.0 Å². The van der Waals surface area contributed by atoms with Crippen LogP contribution >= 0.6 is 0 Å². The number of aromatic nitrogens is 2. The normalized spacial score (nSPS) is 15.3. The van der Waals surface area contributed by atoms with Gasteiger partial charge < -0.3 is 9.80 Å². The molecule has 0 amide bonds. The summed E-state index contributed by atoms with van der Waals surface area (Å²) in [5, 5.41) is 18.9. The highest BCUT2D eigenvalue weighted by atomic mass is 15.2. The van der Waals surface area contributed by atoms with Crippen molar-refractivity contribution in [1.29, 1.82) is 10.5 Å². The Balaban J connectivity index is 1.91. The predicted molar refractivity (Wildman–Crippen MR) is 101 cm³/mol. The van der Waals surface area contributed by atoms with Gasteiger partial charge in [-0.1, -0.05) is 6.92 Å². The van der Waals surface area contributed by atoms with Gasteiger partial charge in [-0.05, 0) is 31.9 Å². The molecule has 1 aliphatic heterocycles. The Kier molecular flexibility index (Phi) is 5.04. The fourth-order valence-electron chi connectivity index (χ4n) is 3.46. The number of pyridine rings is 2. The lowest BCUT2D eigenvalue weighted by molar-refractivity contribution is 0.594. The minimum Gasteiger partial charge on any atom is -0.368 e. The van der Waals surface area contributed by atoms with Crippen LogP contribution in [0.2, 0.25) is 0 Å². The van der Waals surface area contributed by atoms with Crippen LogP contribution < -0.4 is 9.80 Å². The summed E-state index contributed by atoms with van der Waals surface area (Å²) in [6, 6.07) is 8.48. The van der Waals surface area contributed by atoms with E-state index in [0.29, 0.717) is 17.0 Å². The summed E-state index contributed by atoms with van der Waals surface area (Å²) in [4.78, 5) is 13.0. The van der Waals surface area contributed by atoms with Gasteiger partial charge in [0, 0.05) is 50.0 Å². The Hall–Kier alpha value is -3.12. The molecule has 0 bridgehead atoms. The zero-order chi connectivity index (χ0) is 18.7. The third-order valence-electron chi connectivity index (χ3n) is 4.66. The van der Waals surface area contributed by atoms with Crippen LogP contribution in [0.25, 0.3) is 0 Å². The fraction of sp³-hybridized carbons (Fsp3) is 0.400. The van der Waals surface area contributed by atoms with E-state index >= 15 is 0 Å². The van der Waals surface area contributed by atoms with Crippen molar-refractivity contribution in [3.63, 3.8) is 0 Å². The van der Waals surface area contributed by atoms with Crippen molar-refractivity contribution in [3.8, 4) is 12.1 Å². The molecule has 6 nitrogen and oxygen atoms in total. The Morgan fingerprint density at radius 1 is 0.885 bits per heavy atom. The molecule has 0 aliphatic carbocycles. The summed E-state index contributed by atoms with van der Waals surface area (Å²) in [6.07, 6.45) is 3.30. The summed E-state index contributed by atoms with van der Waals surface area (Å²) >= 11 is 0. The summed E-state index contributed by atoms with van der Waals surface area (Å²) < 4.78 is 0. The molecule has 132 valence electrons. The van der Waals surface area contributed by atoms with E-state index < -0.39 is 0 Å². The Morgan fingerprint density at radius 2 is 1.31 bits per heavy atom. The fourth-order valence-corrected chi connectivity index (χ4v) is 3.46. The van der Waals surface area contributed by atoms with Gasteiger partial charge in [0.15, 0.2) is 0 Å². The molecule has 0 radical (unpaired) electrons. The van der Waals surface area contributed by atoms with Gasteiger partial charge in [0.05, 0.1) is 22.5 Å². The van der Waals surface area contributed by atoms with E-state index in [1.165, 1.54) is 0 Å². The topological polar surface area (TPSA) is 79.8 Å². The molecule has 0 saturated carbocycles. The first-order valence-electron chi connectivity index (χ1n) is 8.75. The van der Waals surface area contributed by atoms with Crippen molar-refractivity contribution in [2.45, 2.75) is 20.8 Å². The van der Waals surface area contributed by atoms with Gasteiger partial charge >= 0.3 is 0 Å². The highest BCUT2D eigenvalue weighted by Crippen LogP contribution is 2.27. The molecule has 0 aromatic carbocycles. The van der Waals surface area contributed by atoms with Crippen molar-refractivity contribution in [3.05, 3.63) is 47.0 Å². The van der Waals surface area contributed by atoms with Crippen LogP contribution in [0, 0.1) is 42.4 Å². The van der Waals surface area contributed by atoms with E-state index in [1.54, 1.807) is 12.4 Å². The van der Waals surface area contributed by atoms with Crippen LogP contribution in [0.5, 0.6) is 0 Å². The van der Waals surface area contributed by atoms with E-state index in [0.717, 1.165) is 48.9 Å². The zero-order valence-corrected chi connectivity index (χ0v) is 15.4. The first-order valence-corrected chi connectivity index (χ1v) is 8.75. The first kappa shape index (κ1) is 17.7. The summed E-state index contributed by atoms with van der Waals surface area (Å²) in [5.74, 6) is 0.387. The summed E-state index contributed by atoms with van der Waals surface area (Å²) in [6.45, 7) is 9.38. The number of nitriles is 2. The quantitative estimate of drug-likeness (QED) is 0.832. The van der Waals surface area contributed by atoms with Crippen molar-refractivity contribution < 1.29 is 0 Å². The smallest absolute Gasteiger partial charge is 0.103 e. The van der Waals surface area contributed by atoms with Crippen molar-refractivity contribution in [2.75, 3.05) is 36.0 Å². The zero-order valence-electron chi connectivity index (χ0n) is 15.4. The second-order valence-electron chi connectivity index (χ2n) is 6.91. The largest absolute Gasteiger partial charge is 0.368 e. The molecule has 2 aromatic heterocycles. The highest BCUT2D eigenvalue weighted by Gasteiger charge is 2.24. The molecule has 3 rings (SSSR count). The number of hydrogen-bond donors (Lipinski definition) is 0. The van der Waals surface area contributed by atoms with Gasteiger partial charge in [-0.2, -0.15) is 10.5 Å². The van der Waals surface area contributed by atoms with Crippen molar-refractivity contribution in [1.82, 2.24) is 9.97 Å². The Labute approximate surface area is 154 Å². The third kappa shape index (κ3) is 3.60. The standard InChI is InChI=1S/C20H22N6/c1-14-12-25(19-6-15(2)23-10-17(19)8-21)4-5-26(13-14)20-7-16(3)24-11-18(20)9-22/h6-7,10-11,14H,4-5,12-13H2,1-3H3. The molecule has 6 heteroatoms. The van der Waals surface area contributed by atoms with Gasteiger partial charge in [-0.3, -0.25) is 9.97 Å². The Morgan fingerprint density at radius 3 is 1.69 bits per heavy atom. The van der Waals surface area contributed by atoms with Crippen LogP contribution in [0.3, 0.4) is 0 Å². The van der Waals surface area contributed by atoms with Crippen LogP contribution in [0.15, 0.2) is 24.5 Å². The van der Waals surface area contributed by atoms with E-state index in [-0.39, 0.29) is 0 Å². The number of aryl methyl sites for hydroxylation is 2. The monoisotopic (exact) mass is 346 g/mol. The SMILES string of the molecule is Cc1cc(N2CCN(c3cc(C)ncc3C#N)CC(C)C2)c(C#N)cn1. The van der Waals surface area contributed by atoms with E-state index in [9.17, 15) is 10.5 Å². The third-order valence-corrected chi connectivity index (χ3v) is 4.66. The van der Waals surface area contributed by atoms with Crippen LogP contribution in [-0.2, 0) is 0 Å². The molecular formula is C20H22N6. The summed E-state index contributed by atoms with van der Waals surface area (Å²) in [5.41, 5.74) is 4.91. The second-order valence-corrected chi connectivity index (χ2v) is 6.91. The number of anilines is 2. The first-order chi connectivity index (χ1) is 12.5. The molecule has 1 saturated heterocycles. The lowest BCUT2D eigenvalue weighted by Crippen LogP contribution is -2.31. The second kappa shape index (κ2) is 7.41. The lowest BCUT2D eigenvalue weighted by Gasteiger charge is -2.26. The maximum Gasteiger partial charge on any atom is 0.103 e. The molecular weight excluding hydrogens is 324 g/mol. The van der Waals surface area contributed by atoms with Crippen LogP contribution in [0.4, 0.5) is 11.4 Å². The van der Waals surface area contributed by atoms with Crippen molar-refractivity contribution in [2.24, 2.45) is 5.92 Å². The maximum atomic E-state index is 9.43. The summed E-state index contributed by atoms with van der Waals surface area (Å²) in [7, 11) is 0. The maximum absolute atomic E-state index is 9.43. The minimum absolute atomic E-state index is 0.387. The van der Waals surface area contributed by atoms with Gasteiger partial charge in [-0.25, -0.2) is 0 Å². The van der Waals surface area contributed by atoms with Crippen LogP contribution in [-0.4, -0.2) is 36.1 Å². The number of nitrogens with zero attached hydrogens (tertiary/aromatic N) is 6. The predicted octanol–water partition coefficient (Wildman–Crippen LogP) is 2.80. The van der Waals surface area contributed by atoms with Gasteiger partial charge in [-0.15, -0.1) is 0 Å². The minimum atomic E-state index is 0.387. The molecule has 2 aromatic rings. The molecule has 0 atom stereocenters. The molecule has 3 heterocycles. The van der Waals surface area contributed by atoms with Crippen LogP contribution in [0.1, 0.15) is 29.4 Å². The number of hydrogen-bond acceptors (Lipinski definition) is 6. The molecule has 0 unspecified atom stereocenters. The molecule has 1 aliphatic rings. The van der Waals surface area contributed by atoms with Crippen molar-refractivity contribution >= 4 is 11.4 Å². The molecule has 0 N–H and O–H groups in total. The van der Waals surface area contributed by atoms with E-state index in [4.69, 9.17) is 0 Å². The highest BCUT2D eigenvalue weighted by molar-refractivity contribution is 5.62. The average Bonchev–Trinajstić information content (AvgIpc) is 2.83. The molecule has 0 spiro atoms. The van der Waals surface area contributed by atoms with Gasteiger partial charge in [0.2, 0.25) is 0 Å². The Bertz CT molecular complexity index is 819. The van der Waals surface area contributed by atoms with Gasteiger partial charge in [0.25, 0.3) is 0 Å². The lowest BCUT2D eigenvalue weighted by atomic mass is 10.1. The molecule has 26 heavy (non-hydrogen) atoms. The number of rotatable bonds is 2. The molecule has 1 fully saturated rings. The van der Waals surface area contributed by atoms with E-state index in [2.05, 4.69) is 38.8 Å². The average molecular weight is 346 g/mol. The van der Waals surface area contributed by atoms with Gasteiger partial charge in [0.1, 0.15) is 12.1 Å².